The lowest BCUT2D eigenvalue weighted by Gasteiger charge is -2.36. The molecule has 0 radical (unpaired) electrons. The van der Waals surface area contributed by atoms with Crippen molar-refractivity contribution in [2.75, 3.05) is 39.8 Å². The average molecular weight is 514 g/mol. The van der Waals surface area contributed by atoms with E-state index in [9.17, 15) is 0 Å². The second-order valence-corrected chi connectivity index (χ2v) is 7.36. The standard InChI is InChI=1S/C21H28ClN5.HI/c1-17-15-24-8-6-19(17)7-9-25-21(23-2)27-12-10-26(11-13-27)16-18-4-3-5-20(22)14-18;/h3-6,8,14-15H,7,9-13,16H2,1-2H3,(H,23,25);1H. The van der Waals surface area contributed by atoms with Crippen LogP contribution < -0.4 is 5.32 Å². The first-order valence-electron chi connectivity index (χ1n) is 9.47. The average Bonchev–Trinajstić information content (AvgIpc) is 2.67. The van der Waals surface area contributed by atoms with Gasteiger partial charge in [-0.3, -0.25) is 14.9 Å². The Morgan fingerprint density at radius 3 is 2.68 bits per heavy atom. The topological polar surface area (TPSA) is 43.8 Å². The first kappa shape index (κ1) is 22.9. The first-order chi connectivity index (χ1) is 13.2. The molecule has 0 spiro atoms. The molecule has 1 aliphatic rings. The van der Waals surface area contributed by atoms with E-state index < -0.39 is 0 Å². The van der Waals surface area contributed by atoms with Crippen molar-refractivity contribution < 1.29 is 0 Å². The van der Waals surface area contributed by atoms with E-state index in [0.29, 0.717) is 0 Å². The number of aliphatic imine (C=N–C) groups is 1. The molecule has 1 aliphatic heterocycles. The third-order valence-corrected chi connectivity index (χ3v) is 5.23. The highest BCUT2D eigenvalue weighted by Gasteiger charge is 2.19. The maximum absolute atomic E-state index is 6.09. The second-order valence-electron chi connectivity index (χ2n) is 6.92. The van der Waals surface area contributed by atoms with Gasteiger partial charge >= 0.3 is 0 Å². The summed E-state index contributed by atoms with van der Waals surface area (Å²) >= 11 is 6.09. The fraction of sp³-hybridized carbons (Fsp3) is 0.429. The normalized spacial score (nSPS) is 15.2. The molecule has 5 nitrogen and oxygen atoms in total. The minimum atomic E-state index is 0. The minimum absolute atomic E-state index is 0. The fourth-order valence-corrected chi connectivity index (χ4v) is 3.65. The molecule has 1 aromatic carbocycles. The number of nitrogens with zero attached hydrogens (tertiary/aromatic N) is 4. The van der Waals surface area contributed by atoms with Crippen LogP contribution in [-0.2, 0) is 13.0 Å². The minimum Gasteiger partial charge on any atom is -0.356 e. The highest BCUT2D eigenvalue weighted by Crippen LogP contribution is 2.14. The smallest absolute Gasteiger partial charge is 0.193 e. The summed E-state index contributed by atoms with van der Waals surface area (Å²) in [5, 5.41) is 4.31. The van der Waals surface area contributed by atoms with E-state index in [2.05, 4.69) is 50.2 Å². The summed E-state index contributed by atoms with van der Waals surface area (Å²) in [6.45, 7) is 7.94. The summed E-state index contributed by atoms with van der Waals surface area (Å²) in [5.74, 6) is 0.990. The van der Waals surface area contributed by atoms with Gasteiger partial charge in [-0.2, -0.15) is 0 Å². The molecule has 2 heterocycles. The van der Waals surface area contributed by atoms with E-state index in [1.165, 1.54) is 16.7 Å². The van der Waals surface area contributed by atoms with Gasteiger partial charge in [-0.15, -0.1) is 24.0 Å². The Labute approximate surface area is 190 Å². The molecular weight excluding hydrogens is 485 g/mol. The van der Waals surface area contributed by atoms with E-state index in [4.69, 9.17) is 11.6 Å². The highest BCUT2D eigenvalue weighted by atomic mass is 127. The molecule has 0 amide bonds. The number of nitrogens with one attached hydrogen (secondary N) is 1. The lowest BCUT2D eigenvalue weighted by molar-refractivity contribution is 0.172. The van der Waals surface area contributed by atoms with Crippen molar-refractivity contribution in [3.05, 3.63) is 64.4 Å². The Hall–Kier alpha value is -1.38. The molecule has 0 bridgehead atoms. The summed E-state index contributed by atoms with van der Waals surface area (Å²) in [4.78, 5) is 13.4. The maximum Gasteiger partial charge on any atom is 0.193 e. The molecular formula is C21H29ClIN5. The van der Waals surface area contributed by atoms with E-state index in [0.717, 1.165) is 56.7 Å². The van der Waals surface area contributed by atoms with Crippen LogP contribution in [0.4, 0.5) is 0 Å². The summed E-state index contributed by atoms with van der Waals surface area (Å²) < 4.78 is 0. The Balaban J connectivity index is 0.00000280. The molecule has 1 aromatic heterocycles. The lowest BCUT2D eigenvalue weighted by Crippen LogP contribution is -2.52. The van der Waals surface area contributed by atoms with Gasteiger partial charge in [-0.25, -0.2) is 0 Å². The number of benzene rings is 1. The molecule has 1 saturated heterocycles. The third-order valence-electron chi connectivity index (χ3n) is 4.99. The zero-order chi connectivity index (χ0) is 19.1. The van der Waals surface area contributed by atoms with Crippen LogP contribution in [-0.4, -0.2) is 60.5 Å². The molecule has 1 fully saturated rings. The molecule has 0 atom stereocenters. The molecule has 3 rings (SSSR count). The first-order valence-corrected chi connectivity index (χ1v) is 9.85. The van der Waals surface area contributed by atoms with E-state index in [1.807, 2.05) is 31.6 Å². The molecule has 152 valence electrons. The van der Waals surface area contributed by atoms with Gasteiger partial charge in [0.1, 0.15) is 0 Å². The van der Waals surface area contributed by atoms with Gasteiger partial charge in [0.15, 0.2) is 5.96 Å². The van der Waals surface area contributed by atoms with Crippen LogP contribution in [0.25, 0.3) is 0 Å². The Kier molecular flexibility index (Phi) is 9.47. The van der Waals surface area contributed by atoms with Gasteiger partial charge in [0.05, 0.1) is 0 Å². The maximum atomic E-state index is 6.09. The van der Waals surface area contributed by atoms with Crippen molar-refractivity contribution in [3.8, 4) is 0 Å². The predicted molar refractivity (Wildman–Crippen MR) is 128 cm³/mol. The van der Waals surface area contributed by atoms with Gasteiger partial charge in [0, 0.05) is 63.7 Å². The van der Waals surface area contributed by atoms with Crippen molar-refractivity contribution in [2.45, 2.75) is 19.9 Å². The number of guanidine groups is 1. The Bertz CT molecular complexity index is 775. The van der Waals surface area contributed by atoms with Gasteiger partial charge in [0.2, 0.25) is 0 Å². The number of hydrogen-bond donors (Lipinski definition) is 1. The molecule has 0 saturated carbocycles. The third kappa shape index (κ3) is 6.60. The van der Waals surface area contributed by atoms with Crippen LogP contribution in [0.1, 0.15) is 16.7 Å². The zero-order valence-corrected chi connectivity index (χ0v) is 19.7. The van der Waals surface area contributed by atoms with Crippen LogP contribution >= 0.6 is 35.6 Å². The SMILES string of the molecule is CN=C(NCCc1ccncc1C)N1CCN(Cc2cccc(Cl)c2)CC1.I. The number of aryl methyl sites for hydroxylation is 1. The molecule has 28 heavy (non-hydrogen) atoms. The Morgan fingerprint density at radius 1 is 1.21 bits per heavy atom. The number of aromatic nitrogens is 1. The van der Waals surface area contributed by atoms with Crippen LogP contribution in [0.5, 0.6) is 0 Å². The van der Waals surface area contributed by atoms with Crippen LogP contribution in [0, 0.1) is 6.92 Å². The second kappa shape index (κ2) is 11.6. The number of halogens is 2. The molecule has 1 N–H and O–H groups in total. The fourth-order valence-electron chi connectivity index (χ4n) is 3.44. The largest absolute Gasteiger partial charge is 0.356 e. The quantitative estimate of drug-likeness (QED) is 0.377. The van der Waals surface area contributed by atoms with Gasteiger partial charge < -0.3 is 10.2 Å². The van der Waals surface area contributed by atoms with Crippen LogP contribution in [0.3, 0.4) is 0 Å². The zero-order valence-electron chi connectivity index (χ0n) is 16.6. The van der Waals surface area contributed by atoms with E-state index >= 15 is 0 Å². The molecule has 0 unspecified atom stereocenters. The van der Waals surface area contributed by atoms with Gasteiger partial charge in [0.25, 0.3) is 0 Å². The summed E-state index contributed by atoms with van der Waals surface area (Å²) in [6.07, 6.45) is 4.75. The number of rotatable bonds is 5. The molecule has 7 heteroatoms. The predicted octanol–water partition coefficient (Wildman–Crippen LogP) is 3.60. The van der Waals surface area contributed by atoms with Crippen molar-refractivity contribution >= 4 is 41.5 Å². The van der Waals surface area contributed by atoms with Gasteiger partial charge in [-0.05, 0) is 48.2 Å². The highest BCUT2D eigenvalue weighted by molar-refractivity contribution is 14.0. The Morgan fingerprint density at radius 2 is 2.00 bits per heavy atom. The van der Waals surface area contributed by atoms with Crippen molar-refractivity contribution in [3.63, 3.8) is 0 Å². The van der Waals surface area contributed by atoms with E-state index in [-0.39, 0.29) is 24.0 Å². The summed E-state index contributed by atoms with van der Waals surface area (Å²) in [6, 6.07) is 10.2. The van der Waals surface area contributed by atoms with Crippen LogP contribution in [0.15, 0.2) is 47.7 Å². The van der Waals surface area contributed by atoms with Crippen LogP contribution in [0.2, 0.25) is 5.02 Å². The number of pyridine rings is 1. The monoisotopic (exact) mass is 513 g/mol. The van der Waals surface area contributed by atoms with Crippen molar-refractivity contribution in [1.29, 1.82) is 0 Å². The van der Waals surface area contributed by atoms with Crippen molar-refractivity contribution in [1.82, 2.24) is 20.1 Å². The molecule has 2 aromatic rings. The molecule has 0 aliphatic carbocycles. The summed E-state index contributed by atoms with van der Waals surface area (Å²) in [5.41, 5.74) is 3.84. The van der Waals surface area contributed by atoms with Gasteiger partial charge in [-0.1, -0.05) is 23.7 Å². The summed E-state index contributed by atoms with van der Waals surface area (Å²) in [7, 11) is 1.86. The number of hydrogen-bond acceptors (Lipinski definition) is 3. The lowest BCUT2D eigenvalue weighted by atomic mass is 10.1. The van der Waals surface area contributed by atoms with E-state index in [1.54, 1.807) is 0 Å². The number of piperazine rings is 1. The van der Waals surface area contributed by atoms with Crippen molar-refractivity contribution in [2.24, 2.45) is 4.99 Å².